The average Bonchev–Trinajstić information content (AvgIpc) is 2.46. The van der Waals surface area contributed by atoms with Gasteiger partial charge in [0.1, 0.15) is 0 Å². The number of carboxylic acids is 1. The molecular weight excluding hydrogens is 170 g/mol. The zero-order valence-electron chi connectivity index (χ0n) is 7.94. The summed E-state index contributed by atoms with van der Waals surface area (Å²) in [7, 11) is 2.04. The second-order valence-corrected chi connectivity index (χ2v) is 3.87. The van der Waals surface area contributed by atoms with Gasteiger partial charge in [-0.1, -0.05) is 0 Å². The fourth-order valence-electron chi connectivity index (χ4n) is 1.87. The average molecular weight is 187 g/mol. The Labute approximate surface area is 78.2 Å². The predicted octanol–water partition coefficient (Wildman–Crippen LogP) is 0.0213. The molecule has 1 saturated heterocycles. The van der Waals surface area contributed by atoms with Crippen molar-refractivity contribution >= 4 is 5.97 Å². The molecule has 0 bridgehead atoms. The lowest BCUT2D eigenvalue weighted by Crippen LogP contribution is -2.22. The SMILES string of the molecule is CN1CCC(CC(CO)C(=O)O)C1. The van der Waals surface area contributed by atoms with Crippen LogP contribution in [0.2, 0.25) is 0 Å². The van der Waals surface area contributed by atoms with Gasteiger partial charge in [0.05, 0.1) is 12.5 Å². The smallest absolute Gasteiger partial charge is 0.308 e. The summed E-state index contributed by atoms with van der Waals surface area (Å²) in [4.78, 5) is 12.8. The number of rotatable bonds is 4. The van der Waals surface area contributed by atoms with Crippen molar-refractivity contribution in [3.8, 4) is 0 Å². The molecular formula is C9H17NO3. The first-order chi connectivity index (χ1) is 6.13. The molecule has 13 heavy (non-hydrogen) atoms. The standard InChI is InChI=1S/C9H17NO3/c1-10-3-2-7(5-10)4-8(6-11)9(12)13/h7-8,11H,2-6H2,1H3,(H,12,13). The maximum absolute atomic E-state index is 10.6. The highest BCUT2D eigenvalue weighted by Crippen LogP contribution is 2.22. The maximum Gasteiger partial charge on any atom is 0.308 e. The number of aliphatic hydroxyl groups excluding tert-OH is 1. The summed E-state index contributed by atoms with van der Waals surface area (Å²) >= 11 is 0. The zero-order valence-corrected chi connectivity index (χ0v) is 7.94. The summed E-state index contributed by atoms with van der Waals surface area (Å²) < 4.78 is 0. The zero-order chi connectivity index (χ0) is 9.84. The largest absolute Gasteiger partial charge is 0.481 e. The molecule has 0 spiro atoms. The van der Waals surface area contributed by atoms with E-state index in [0.29, 0.717) is 12.3 Å². The molecule has 1 rings (SSSR count). The van der Waals surface area contributed by atoms with Gasteiger partial charge in [-0.05, 0) is 32.4 Å². The summed E-state index contributed by atoms with van der Waals surface area (Å²) in [6.45, 7) is 1.77. The number of aliphatic carboxylic acids is 1. The van der Waals surface area contributed by atoms with Gasteiger partial charge in [-0.15, -0.1) is 0 Å². The third-order valence-electron chi connectivity index (χ3n) is 2.68. The minimum absolute atomic E-state index is 0.241. The Morgan fingerprint density at radius 2 is 2.38 bits per heavy atom. The molecule has 1 heterocycles. The Morgan fingerprint density at radius 3 is 2.77 bits per heavy atom. The number of hydrogen-bond donors (Lipinski definition) is 2. The van der Waals surface area contributed by atoms with Gasteiger partial charge in [-0.2, -0.15) is 0 Å². The van der Waals surface area contributed by atoms with E-state index in [9.17, 15) is 4.79 Å². The minimum atomic E-state index is -0.878. The highest BCUT2D eigenvalue weighted by Gasteiger charge is 2.26. The molecule has 0 aromatic heterocycles. The van der Waals surface area contributed by atoms with Crippen molar-refractivity contribution in [3.63, 3.8) is 0 Å². The third kappa shape index (κ3) is 2.97. The lowest BCUT2D eigenvalue weighted by atomic mass is 9.94. The van der Waals surface area contributed by atoms with E-state index in [2.05, 4.69) is 4.90 Å². The summed E-state index contributed by atoms with van der Waals surface area (Å²) in [6, 6.07) is 0. The fraction of sp³-hybridized carbons (Fsp3) is 0.889. The van der Waals surface area contributed by atoms with Gasteiger partial charge in [-0.25, -0.2) is 0 Å². The summed E-state index contributed by atoms with van der Waals surface area (Å²) in [5.41, 5.74) is 0. The molecule has 76 valence electrons. The number of carbonyl (C=O) groups is 1. The van der Waals surface area contributed by atoms with E-state index in [4.69, 9.17) is 10.2 Å². The number of carboxylic acid groups (broad SMARTS) is 1. The Morgan fingerprint density at radius 1 is 1.69 bits per heavy atom. The van der Waals surface area contributed by atoms with Crippen molar-refractivity contribution in [1.29, 1.82) is 0 Å². The van der Waals surface area contributed by atoms with Crippen LogP contribution in [0.3, 0.4) is 0 Å². The molecule has 4 heteroatoms. The third-order valence-corrected chi connectivity index (χ3v) is 2.68. The Hall–Kier alpha value is -0.610. The molecule has 0 aromatic carbocycles. The second kappa shape index (κ2) is 4.58. The number of aliphatic hydroxyl groups is 1. The van der Waals surface area contributed by atoms with Crippen LogP contribution in [0.1, 0.15) is 12.8 Å². The molecule has 0 aromatic rings. The van der Waals surface area contributed by atoms with Crippen molar-refractivity contribution in [1.82, 2.24) is 4.90 Å². The van der Waals surface area contributed by atoms with Crippen LogP contribution in [0.4, 0.5) is 0 Å². The molecule has 1 aliphatic heterocycles. The Kier molecular flexibility index (Phi) is 3.69. The molecule has 0 aliphatic carbocycles. The van der Waals surface area contributed by atoms with Gasteiger partial charge in [-0.3, -0.25) is 4.79 Å². The minimum Gasteiger partial charge on any atom is -0.481 e. The monoisotopic (exact) mass is 187 g/mol. The van der Waals surface area contributed by atoms with Crippen molar-refractivity contribution < 1.29 is 15.0 Å². The molecule has 2 N–H and O–H groups in total. The van der Waals surface area contributed by atoms with Crippen molar-refractivity contribution in [2.45, 2.75) is 12.8 Å². The van der Waals surface area contributed by atoms with Crippen LogP contribution in [-0.4, -0.2) is 47.8 Å². The van der Waals surface area contributed by atoms with E-state index >= 15 is 0 Å². The topological polar surface area (TPSA) is 60.8 Å². The van der Waals surface area contributed by atoms with E-state index in [1.807, 2.05) is 7.05 Å². The van der Waals surface area contributed by atoms with Crippen LogP contribution in [0, 0.1) is 11.8 Å². The molecule has 1 aliphatic rings. The summed E-state index contributed by atoms with van der Waals surface area (Å²) in [5, 5.41) is 17.6. The number of likely N-dealkylation sites (tertiary alicyclic amines) is 1. The summed E-state index contributed by atoms with van der Waals surface area (Å²) in [6.07, 6.45) is 1.66. The first kappa shape index (κ1) is 10.5. The van der Waals surface area contributed by atoms with Crippen molar-refractivity contribution in [2.24, 2.45) is 11.8 Å². The highest BCUT2D eigenvalue weighted by atomic mass is 16.4. The van der Waals surface area contributed by atoms with Crippen LogP contribution in [0.5, 0.6) is 0 Å². The van der Waals surface area contributed by atoms with E-state index in [1.54, 1.807) is 0 Å². The highest BCUT2D eigenvalue weighted by molar-refractivity contribution is 5.70. The van der Waals surface area contributed by atoms with E-state index < -0.39 is 11.9 Å². The van der Waals surface area contributed by atoms with E-state index in [-0.39, 0.29) is 6.61 Å². The van der Waals surface area contributed by atoms with Gasteiger partial charge in [0.2, 0.25) is 0 Å². The van der Waals surface area contributed by atoms with Gasteiger partial charge in [0.15, 0.2) is 0 Å². The van der Waals surface area contributed by atoms with Gasteiger partial charge in [0, 0.05) is 6.54 Å². The number of nitrogens with zero attached hydrogens (tertiary/aromatic N) is 1. The van der Waals surface area contributed by atoms with Crippen LogP contribution in [-0.2, 0) is 4.79 Å². The first-order valence-corrected chi connectivity index (χ1v) is 4.65. The molecule has 4 nitrogen and oxygen atoms in total. The Bertz CT molecular complexity index is 184. The predicted molar refractivity (Wildman–Crippen MR) is 48.4 cm³/mol. The van der Waals surface area contributed by atoms with Crippen molar-refractivity contribution in [2.75, 3.05) is 26.7 Å². The van der Waals surface area contributed by atoms with Crippen LogP contribution >= 0.6 is 0 Å². The summed E-state index contributed by atoms with van der Waals surface area (Å²) in [5.74, 6) is -1.01. The number of hydrogen-bond acceptors (Lipinski definition) is 3. The molecule has 2 atom stereocenters. The molecule has 0 saturated carbocycles. The van der Waals surface area contributed by atoms with Gasteiger partial charge >= 0.3 is 5.97 Å². The van der Waals surface area contributed by atoms with Crippen molar-refractivity contribution in [3.05, 3.63) is 0 Å². The second-order valence-electron chi connectivity index (χ2n) is 3.87. The molecule has 1 fully saturated rings. The van der Waals surface area contributed by atoms with Gasteiger partial charge in [0.25, 0.3) is 0 Å². The normalized spacial score (nSPS) is 26.2. The molecule has 0 amide bonds. The molecule has 0 radical (unpaired) electrons. The lowest BCUT2D eigenvalue weighted by molar-refractivity contribution is -0.143. The first-order valence-electron chi connectivity index (χ1n) is 4.65. The van der Waals surface area contributed by atoms with Crippen LogP contribution < -0.4 is 0 Å². The fourth-order valence-corrected chi connectivity index (χ4v) is 1.87. The van der Waals surface area contributed by atoms with E-state index in [1.165, 1.54) is 0 Å². The van der Waals surface area contributed by atoms with Crippen LogP contribution in [0.25, 0.3) is 0 Å². The Balaban J connectivity index is 2.34. The quantitative estimate of drug-likeness (QED) is 0.651. The van der Waals surface area contributed by atoms with Crippen LogP contribution in [0.15, 0.2) is 0 Å². The van der Waals surface area contributed by atoms with Gasteiger partial charge < -0.3 is 15.1 Å². The van der Waals surface area contributed by atoms with E-state index in [0.717, 1.165) is 19.5 Å². The lowest BCUT2D eigenvalue weighted by Gasteiger charge is -2.14. The molecule has 2 unspecified atom stereocenters. The maximum atomic E-state index is 10.6.